The van der Waals surface area contributed by atoms with Gasteiger partial charge in [0.05, 0.1) is 20.5 Å². The average molecular weight is 725 g/mol. The normalized spacial score (nSPS) is 9.55. The van der Waals surface area contributed by atoms with Crippen LogP contribution in [0.4, 0.5) is 0 Å². The molecule has 282 valence electrons. The van der Waals surface area contributed by atoms with Crippen LogP contribution in [0.1, 0.15) is 123 Å². The largest absolute Gasteiger partial charge is 0.493 e. The fourth-order valence-electron chi connectivity index (χ4n) is 4.41. The zero-order valence-electron chi connectivity index (χ0n) is 32.5. The number of carbonyl (C=O) groups is 5. The summed E-state index contributed by atoms with van der Waals surface area (Å²) in [5.41, 5.74) is 4.63. The molecule has 0 atom stereocenters. The summed E-state index contributed by atoms with van der Waals surface area (Å²) in [5.74, 6) is 3.08. The van der Waals surface area contributed by atoms with E-state index in [4.69, 9.17) is 18.3 Å². The van der Waals surface area contributed by atoms with Crippen molar-refractivity contribution < 1.29 is 42.3 Å². The van der Waals surface area contributed by atoms with Gasteiger partial charge in [-0.2, -0.15) is 0 Å². The van der Waals surface area contributed by atoms with Crippen molar-refractivity contribution in [3.8, 4) is 11.5 Å². The summed E-state index contributed by atoms with van der Waals surface area (Å²) in [7, 11) is 3.10. The van der Waals surface area contributed by atoms with Crippen molar-refractivity contribution >= 4 is 28.9 Å². The molecule has 0 fully saturated rings. The molecule has 0 amide bonds. The zero-order valence-corrected chi connectivity index (χ0v) is 32.5. The van der Waals surface area contributed by atoms with Gasteiger partial charge in [0.15, 0.2) is 51.9 Å². The summed E-state index contributed by atoms with van der Waals surface area (Å²) in [5, 5.41) is 0. The molecule has 0 unspecified atom stereocenters. The van der Waals surface area contributed by atoms with Crippen molar-refractivity contribution in [1.82, 2.24) is 0 Å². The number of aryl methyl sites for hydroxylation is 3. The second-order valence-electron chi connectivity index (χ2n) is 11.9. The lowest BCUT2D eigenvalue weighted by molar-refractivity contribution is 0.0979. The minimum atomic E-state index is -0.0324. The number of ketones is 5. The predicted molar refractivity (Wildman–Crippen MR) is 208 cm³/mol. The van der Waals surface area contributed by atoms with E-state index in [-0.39, 0.29) is 28.9 Å². The van der Waals surface area contributed by atoms with Gasteiger partial charge in [0.1, 0.15) is 5.76 Å². The Morgan fingerprint density at radius 1 is 0.585 bits per heavy atom. The molecule has 5 rings (SSSR count). The highest BCUT2D eigenvalue weighted by atomic mass is 16.5. The first-order valence-electron chi connectivity index (χ1n) is 17.2. The molecular formula is C44H52O9. The Hall–Kier alpha value is -5.83. The molecule has 0 radical (unpaired) electrons. The molecule has 0 bridgehead atoms. The van der Waals surface area contributed by atoms with E-state index in [1.54, 1.807) is 70.5 Å². The maximum atomic E-state index is 11.0. The Bertz CT molecular complexity index is 1880. The molecule has 0 aliphatic carbocycles. The summed E-state index contributed by atoms with van der Waals surface area (Å²) in [6.45, 7) is 13.6. The maximum absolute atomic E-state index is 11.0. The van der Waals surface area contributed by atoms with Crippen molar-refractivity contribution in [2.75, 3.05) is 14.2 Å². The van der Waals surface area contributed by atoms with Gasteiger partial charge in [0, 0.05) is 30.5 Å². The quantitative estimate of drug-likeness (QED) is 0.129. The number of hydrogen-bond donors (Lipinski definition) is 0. The lowest BCUT2D eigenvalue weighted by Crippen LogP contribution is -1.95. The highest BCUT2D eigenvalue weighted by molar-refractivity contribution is 5.96. The number of unbranched alkanes of at least 4 members (excludes halogenated alkanes) is 1. The van der Waals surface area contributed by atoms with Gasteiger partial charge in [0.25, 0.3) is 0 Å². The fourth-order valence-corrected chi connectivity index (χ4v) is 4.41. The number of ether oxygens (including phenoxy) is 2. The Morgan fingerprint density at radius 3 is 1.55 bits per heavy atom. The van der Waals surface area contributed by atoms with Gasteiger partial charge in [-0.05, 0) is 101 Å². The lowest BCUT2D eigenvalue weighted by Gasteiger charge is -2.07. The molecule has 9 heteroatoms. The van der Waals surface area contributed by atoms with Gasteiger partial charge in [-0.1, -0.05) is 61.9 Å². The molecule has 53 heavy (non-hydrogen) atoms. The van der Waals surface area contributed by atoms with Crippen molar-refractivity contribution in [3.63, 3.8) is 0 Å². The SMILES string of the molecule is CC(=O)c1ccc(C)o1.CC(=O)c1ccccc1C.CC(=O)c1ccco1.CCCCc1ccc(C(C)=O)cc1.COc1ccc(C(C)=O)cc1OC. The molecule has 0 spiro atoms. The number of carbonyl (C=O) groups excluding carboxylic acids is 5. The highest BCUT2D eigenvalue weighted by Crippen LogP contribution is 2.27. The monoisotopic (exact) mass is 724 g/mol. The van der Waals surface area contributed by atoms with E-state index in [1.807, 2.05) is 62.4 Å². The van der Waals surface area contributed by atoms with Crippen LogP contribution >= 0.6 is 0 Å². The first-order valence-corrected chi connectivity index (χ1v) is 17.2. The van der Waals surface area contributed by atoms with Gasteiger partial charge < -0.3 is 18.3 Å². The molecule has 2 heterocycles. The van der Waals surface area contributed by atoms with Crippen LogP contribution in [-0.4, -0.2) is 43.1 Å². The summed E-state index contributed by atoms with van der Waals surface area (Å²) in [6.07, 6.45) is 5.04. The Balaban J connectivity index is 0.000000335. The van der Waals surface area contributed by atoms with E-state index >= 15 is 0 Å². The molecule has 9 nitrogen and oxygen atoms in total. The number of benzene rings is 3. The van der Waals surface area contributed by atoms with Crippen LogP contribution in [0.15, 0.2) is 106 Å². The molecule has 2 aromatic heterocycles. The van der Waals surface area contributed by atoms with Crippen LogP contribution in [0.25, 0.3) is 0 Å². The molecule has 0 aliphatic heterocycles. The van der Waals surface area contributed by atoms with E-state index in [0.717, 1.165) is 28.9 Å². The zero-order chi connectivity index (χ0) is 39.9. The van der Waals surface area contributed by atoms with E-state index in [2.05, 4.69) is 6.92 Å². The molecule has 0 aliphatic rings. The molecule has 0 saturated heterocycles. The summed E-state index contributed by atoms with van der Waals surface area (Å²) in [6, 6.07) is 27.4. The molecule has 0 N–H and O–H groups in total. The van der Waals surface area contributed by atoms with E-state index in [9.17, 15) is 24.0 Å². The van der Waals surface area contributed by atoms with Crippen LogP contribution in [0.3, 0.4) is 0 Å². The standard InChI is InChI=1S/C12H16O.C10H12O3.C9H10O.C7H8O2.C6H6O2/c1-3-4-5-11-6-8-12(9-7-11)10(2)13;1-7(11)8-4-5-9(12-2)10(6-8)13-3;1-7-5-3-4-6-9(7)8(2)10;1-5-3-4-7(9-5)6(2)8;1-5(7)6-3-2-4-8-6/h6-9H,3-5H2,1-2H3;4-6H,1-3H3;3-6H,1-2H3;3-4H,1-2H3;2-4H,1H3. The lowest BCUT2D eigenvalue weighted by atomic mass is 10.1. The van der Waals surface area contributed by atoms with Crippen molar-refractivity contribution in [3.05, 3.63) is 142 Å². The summed E-state index contributed by atoms with van der Waals surface area (Å²) in [4.78, 5) is 53.8. The topological polar surface area (TPSA) is 130 Å². The van der Waals surface area contributed by atoms with Crippen molar-refractivity contribution in [2.45, 2.75) is 74.7 Å². The summed E-state index contributed by atoms with van der Waals surface area (Å²) >= 11 is 0. The molecule has 3 aromatic carbocycles. The van der Waals surface area contributed by atoms with Gasteiger partial charge in [0.2, 0.25) is 0 Å². The van der Waals surface area contributed by atoms with E-state index < -0.39 is 0 Å². The Labute approximate surface area is 313 Å². The average Bonchev–Trinajstić information content (AvgIpc) is 3.85. The van der Waals surface area contributed by atoms with Gasteiger partial charge >= 0.3 is 0 Å². The number of furan rings is 2. The highest BCUT2D eigenvalue weighted by Gasteiger charge is 2.07. The first kappa shape index (κ1) is 45.2. The second kappa shape index (κ2) is 24.4. The third-order valence-electron chi connectivity index (χ3n) is 7.45. The Kier molecular flexibility index (Phi) is 20.8. The maximum Gasteiger partial charge on any atom is 0.194 e. The minimum absolute atomic E-state index is 0.0148. The fraction of sp³-hybridized carbons (Fsp3) is 0.295. The number of rotatable bonds is 10. The van der Waals surface area contributed by atoms with Gasteiger partial charge in [-0.25, -0.2) is 0 Å². The van der Waals surface area contributed by atoms with Crippen LogP contribution in [0, 0.1) is 13.8 Å². The van der Waals surface area contributed by atoms with Crippen LogP contribution in [0.5, 0.6) is 11.5 Å². The molecule has 0 saturated carbocycles. The van der Waals surface area contributed by atoms with Crippen molar-refractivity contribution in [2.24, 2.45) is 0 Å². The predicted octanol–water partition coefficient (Wildman–Crippen LogP) is 10.6. The molecular weight excluding hydrogens is 672 g/mol. The van der Waals surface area contributed by atoms with Gasteiger partial charge in [-0.3, -0.25) is 24.0 Å². The summed E-state index contributed by atoms with van der Waals surface area (Å²) < 4.78 is 19.8. The number of methoxy groups -OCH3 is 2. The number of Topliss-reactive ketones (excluding diaryl/α,β-unsaturated/α-hetero) is 5. The van der Waals surface area contributed by atoms with E-state index in [0.29, 0.717) is 28.6 Å². The second-order valence-corrected chi connectivity index (χ2v) is 11.9. The minimum Gasteiger partial charge on any atom is -0.493 e. The molecule has 5 aromatic rings. The van der Waals surface area contributed by atoms with Crippen molar-refractivity contribution in [1.29, 1.82) is 0 Å². The van der Waals surface area contributed by atoms with Crippen LogP contribution in [-0.2, 0) is 6.42 Å². The third kappa shape index (κ3) is 17.3. The number of hydrogen-bond acceptors (Lipinski definition) is 9. The Morgan fingerprint density at radius 2 is 1.17 bits per heavy atom. The van der Waals surface area contributed by atoms with Crippen LogP contribution in [0.2, 0.25) is 0 Å². The van der Waals surface area contributed by atoms with Gasteiger partial charge in [-0.15, -0.1) is 0 Å². The van der Waals surface area contributed by atoms with Crippen LogP contribution < -0.4 is 9.47 Å². The van der Waals surface area contributed by atoms with E-state index in [1.165, 1.54) is 45.4 Å². The smallest absolute Gasteiger partial charge is 0.194 e. The third-order valence-corrected chi connectivity index (χ3v) is 7.45. The first-order chi connectivity index (χ1) is 25.1.